The summed E-state index contributed by atoms with van der Waals surface area (Å²) in [6.45, 7) is 0. The molecule has 2 aromatic carbocycles. The van der Waals surface area contributed by atoms with Crippen LogP contribution in [0.3, 0.4) is 0 Å². The number of hydrogen-bond donors (Lipinski definition) is 2. The van der Waals surface area contributed by atoms with Gasteiger partial charge in [-0.3, -0.25) is 15.2 Å². The molecule has 3 aromatic rings. The van der Waals surface area contributed by atoms with Crippen LogP contribution in [0.25, 0.3) is 10.8 Å². The number of carbonyl (C=O) groups excluding carboxylic acids is 1. The summed E-state index contributed by atoms with van der Waals surface area (Å²) in [4.78, 5) is 16.6. The molecule has 1 aliphatic carbocycles. The van der Waals surface area contributed by atoms with Crippen LogP contribution >= 0.6 is 12.2 Å². The SMILES string of the molecule is O=C1/C(=N\NC(=S)Nc2cccnc2)c2cccc3cccc1c23. The first-order valence-corrected chi connectivity index (χ1v) is 7.76. The van der Waals surface area contributed by atoms with Gasteiger partial charge >= 0.3 is 0 Å². The van der Waals surface area contributed by atoms with Crippen LogP contribution in [0.2, 0.25) is 0 Å². The van der Waals surface area contributed by atoms with Crippen molar-refractivity contribution in [2.45, 2.75) is 0 Å². The molecule has 24 heavy (non-hydrogen) atoms. The quantitative estimate of drug-likeness (QED) is 0.557. The Kier molecular flexibility index (Phi) is 3.51. The van der Waals surface area contributed by atoms with Crippen molar-refractivity contribution in [3.8, 4) is 0 Å². The summed E-state index contributed by atoms with van der Waals surface area (Å²) in [5.74, 6) is -0.0986. The highest BCUT2D eigenvalue weighted by atomic mass is 32.1. The van der Waals surface area contributed by atoms with E-state index in [9.17, 15) is 4.79 Å². The zero-order valence-corrected chi connectivity index (χ0v) is 13.3. The molecular weight excluding hydrogens is 320 g/mol. The Bertz CT molecular complexity index is 993. The van der Waals surface area contributed by atoms with Crippen LogP contribution in [-0.2, 0) is 0 Å². The van der Waals surface area contributed by atoms with E-state index in [0.717, 1.165) is 22.0 Å². The summed E-state index contributed by atoms with van der Waals surface area (Å²) < 4.78 is 0. The normalized spacial score (nSPS) is 14.2. The fraction of sp³-hybridized carbons (Fsp3) is 0. The number of hydrogen-bond acceptors (Lipinski definition) is 4. The van der Waals surface area contributed by atoms with Crippen LogP contribution in [0.5, 0.6) is 0 Å². The van der Waals surface area contributed by atoms with Gasteiger partial charge in [-0.2, -0.15) is 5.10 Å². The monoisotopic (exact) mass is 332 g/mol. The summed E-state index contributed by atoms with van der Waals surface area (Å²) >= 11 is 5.21. The molecule has 4 rings (SSSR count). The van der Waals surface area contributed by atoms with Crippen molar-refractivity contribution in [1.29, 1.82) is 0 Å². The molecule has 0 atom stereocenters. The molecule has 0 unspecified atom stereocenters. The van der Waals surface area contributed by atoms with Crippen molar-refractivity contribution in [3.05, 3.63) is 72.1 Å². The second kappa shape index (κ2) is 5.82. The zero-order chi connectivity index (χ0) is 16.5. The van der Waals surface area contributed by atoms with E-state index in [1.165, 1.54) is 0 Å². The van der Waals surface area contributed by atoms with E-state index in [1.807, 2.05) is 42.5 Å². The topological polar surface area (TPSA) is 66.4 Å². The first-order valence-electron chi connectivity index (χ1n) is 7.35. The predicted molar refractivity (Wildman–Crippen MR) is 98.4 cm³/mol. The van der Waals surface area contributed by atoms with E-state index in [2.05, 4.69) is 20.8 Å². The van der Waals surface area contributed by atoms with Gasteiger partial charge in [0.05, 0.1) is 11.9 Å². The molecule has 5 nitrogen and oxygen atoms in total. The largest absolute Gasteiger partial charge is 0.330 e. The lowest BCUT2D eigenvalue weighted by Crippen LogP contribution is -2.26. The average molecular weight is 332 g/mol. The Labute approximate surface area is 143 Å². The van der Waals surface area contributed by atoms with E-state index in [0.29, 0.717) is 16.4 Å². The molecule has 1 aliphatic rings. The van der Waals surface area contributed by atoms with Gasteiger partial charge in [0.25, 0.3) is 0 Å². The minimum atomic E-state index is -0.0986. The lowest BCUT2D eigenvalue weighted by Gasteiger charge is -2.07. The molecule has 0 saturated heterocycles. The van der Waals surface area contributed by atoms with Gasteiger partial charge in [0.1, 0.15) is 5.71 Å². The molecule has 2 N–H and O–H groups in total. The molecule has 1 aromatic heterocycles. The van der Waals surface area contributed by atoms with Crippen molar-refractivity contribution in [1.82, 2.24) is 10.4 Å². The fourth-order valence-corrected chi connectivity index (χ4v) is 2.95. The Balaban J connectivity index is 1.61. The summed E-state index contributed by atoms with van der Waals surface area (Å²) in [6.07, 6.45) is 3.33. The number of nitrogens with one attached hydrogen (secondary N) is 2. The number of pyridine rings is 1. The maximum absolute atomic E-state index is 12.6. The molecule has 1 heterocycles. The molecule has 0 radical (unpaired) electrons. The second-order valence-corrected chi connectivity index (χ2v) is 5.71. The van der Waals surface area contributed by atoms with E-state index < -0.39 is 0 Å². The summed E-state index contributed by atoms with van der Waals surface area (Å²) in [6, 6.07) is 15.1. The van der Waals surface area contributed by atoms with Crippen molar-refractivity contribution >= 4 is 45.3 Å². The van der Waals surface area contributed by atoms with Gasteiger partial charge in [-0.25, -0.2) is 0 Å². The predicted octanol–water partition coefficient (Wildman–Crippen LogP) is 3.12. The Morgan fingerprint density at radius 3 is 2.58 bits per heavy atom. The molecular formula is C18H12N4OS. The maximum atomic E-state index is 12.6. The first-order chi connectivity index (χ1) is 11.7. The average Bonchev–Trinajstić information content (AvgIpc) is 2.88. The smallest absolute Gasteiger partial charge is 0.214 e. The number of hydrazone groups is 1. The lowest BCUT2D eigenvalue weighted by molar-refractivity contribution is 0.106. The second-order valence-electron chi connectivity index (χ2n) is 5.31. The minimum absolute atomic E-state index is 0.0986. The van der Waals surface area contributed by atoms with E-state index in [1.54, 1.807) is 18.5 Å². The van der Waals surface area contributed by atoms with Crippen LogP contribution in [0.15, 0.2) is 66.0 Å². The number of nitrogens with zero attached hydrogens (tertiary/aromatic N) is 2. The number of carbonyl (C=O) groups is 1. The van der Waals surface area contributed by atoms with E-state index >= 15 is 0 Å². The zero-order valence-electron chi connectivity index (χ0n) is 12.5. The van der Waals surface area contributed by atoms with Gasteiger partial charge in [-0.15, -0.1) is 0 Å². The molecule has 0 spiro atoms. The van der Waals surface area contributed by atoms with Gasteiger partial charge in [-0.05, 0) is 29.7 Å². The highest BCUT2D eigenvalue weighted by molar-refractivity contribution is 7.80. The van der Waals surface area contributed by atoms with Crippen LogP contribution in [-0.4, -0.2) is 21.6 Å². The number of anilines is 1. The highest BCUT2D eigenvalue weighted by Gasteiger charge is 2.28. The minimum Gasteiger partial charge on any atom is -0.330 e. The number of thiocarbonyl (C=S) groups is 1. The third kappa shape index (κ3) is 2.43. The van der Waals surface area contributed by atoms with Crippen LogP contribution < -0.4 is 10.7 Å². The van der Waals surface area contributed by atoms with E-state index in [4.69, 9.17) is 12.2 Å². The maximum Gasteiger partial charge on any atom is 0.214 e. The molecule has 116 valence electrons. The van der Waals surface area contributed by atoms with Crippen molar-refractivity contribution in [2.75, 3.05) is 5.32 Å². The highest BCUT2D eigenvalue weighted by Crippen LogP contribution is 2.30. The van der Waals surface area contributed by atoms with Gasteiger partial charge < -0.3 is 5.32 Å². The number of rotatable bonds is 2. The van der Waals surface area contributed by atoms with E-state index in [-0.39, 0.29) is 5.78 Å². The van der Waals surface area contributed by atoms with Crippen LogP contribution in [0.4, 0.5) is 5.69 Å². The number of ketones is 1. The van der Waals surface area contributed by atoms with Crippen molar-refractivity contribution < 1.29 is 4.79 Å². The molecule has 6 heteroatoms. The first kappa shape index (κ1) is 14.5. The standard InChI is InChI=1S/C18H12N4OS/c23-17-14-8-2-5-11-4-1-7-13(15(11)14)16(17)21-22-18(24)20-12-6-3-9-19-10-12/h1-10H,(H2,20,22,24)/b21-16-. The molecule has 0 saturated carbocycles. The van der Waals surface area contributed by atoms with Gasteiger partial charge in [0.15, 0.2) is 5.11 Å². The van der Waals surface area contributed by atoms with Gasteiger partial charge in [0, 0.05) is 22.7 Å². The fourth-order valence-electron chi connectivity index (χ4n) is 2.79. The summed E-state index contributed by atoms with van der Waals surface area (Å²) in [7, 11) is 0. The van der Waals surface area contributed by atoms with Crippen LogP contribution in [0, 0.1) is 0 Å². The number of benzene rings is 2. The molecule has 0 aliphatic heterocycles. The Morgan fingerprint density at radius 2 is 1.83 bits per heavy atom. The molecule has 0 amide bonds. The van der Waals surface area contributed by atoms with Gasteiger partial charge in [0.2, 0.25) is 5.78 Å². The van der Waals surface area contributed by atoms with Crippen molar-refractivity contribution in [2.24, 2.45) is 5.10 Å². The lowest BCUT2D eigenvalue weighted by atomic mass is 10.1. The third-order valence-corrected chi connectivity index (χ3v) is 4.00. The Morgan fingerprint density at radius 1 is 1.04 bits per heavy atom. The number of Topliss-reactive ketones (excluding diaryl/α,β-unsaturated/α-hetero) is 1. The third-order valence-electron chi connectivity index (χ3n) is 3.81. The van der Waals surface area contributed by atoms with Gasteiger partial charge in [-0.1, -0.05) is 36.4 Å². The molecule has 0 fully saturated rings. The molecule has 0 bridgehead atoms. The number of aromatic nitrogens is 1. The summed E-state index contributed by atoms with van der Waals surface area (Å²) in [5.41, 5.74) is 5.36. The van der Waals surface area contributed by atoms with Crippen LogP contribution in [0.1, 0.15) is 15.9 Å². The Hall–Kier alpha value is -3.12. The van der Waals surface area contributed by atoms with Crippen molar-refractivity contribution in [3.63, 3.8) is 0 Å². The summed E-state index contributed by atoms with van der Waals surface area (Å²) in [5, 5.41) is 9.47.